The van der Waals surface area contributed by atoms with Gasteiger partial charge in [0.2, 0.25) is 0 Å². The second-order valence-electron chi connectivity index (χ2n) is 8.09. The van der Waals surface area contributed by atoms with E-state index in [1.165, 1.54) is 32.1 Å². The molecule has 2 amide bonds. The Bertz CT molecular complexity index is 428. The lowest BCUT2D eigenvalue weighted by atomic mass is 9.86. The molecule has 2 aliphatic carbocycles. The maximum atomic E-state index is 12.8. The fraction of sp³-hybridized carbons (Fsp3) is 0.895. The van der Waals surface area contributed by atoms with Gasteiger partial charge in [-0.25, -0.2) is 4.79 Å². The molecule has 0 aromatic carbocycles. The maximum absolute atomic E-state index is 12.8. The van der Waals surface area contributed by atoms with Gasteiger partial charge in [0.25, 0.3) is 0 Å². The van der Waals surface area contributed by atoms with Crippen LogP contribution >= 0.6 is 0 Å². The first-order valence-corrected chi connectivity index (χ1v) is 9.88. The number of rotatable bonds is 7. The molecule has 25 heavy (non-hydrogen) atoms. The van der Waals surface area contributed by atoms with Gasteiger partial charge < -0.3 is 20.2 Å². The van der Waals surface area contributed by atoms with Gasteiger partial charge in [0.05, 0.1) is 5.92 Å². The summed E-state index contributed by atoms with van der Waals surface area (Å²) >= 11 is 0. The minimum atomic E-state index is -0.699. The lowest BCUT2D eigenvalue weighted by Gasteiger charge is -2.33. The normalized spacial score (nSPS) is 24.9. The first kappa shape index (κ1) is 20.0. The largest absolute Gasteiger partial charge is 0.481 e. The minimum absolute atomic E-state index is 0.0335. The molecule has 0 aromatic rings. The zero-order valence-electron chi connectivity index (χ0n) is 15.9. The molecule has 2 saturated carbocycles. The standard InChI is InChI=1S/C19H35N3O3/c1-21(2)12-13-22(14-15-6-4-3-5-7-15)19(25)20-17-10-8-16(9-11-17)18(23)24/h15-17H,3-14H2,1-2H3,(H,20,25)(H,23,24). The lowest BCUT2D eigenvalue weighted by molar-refractivity contribution is -0.142. The topological polar surface area (TPSA) is 72.9 Å². The molecule has 2 rings (SSSR count). The van der Waals surface area contributed by atoms with Crippen LogP contribution in [0.2, 0.25) is 0 Å². The lowest BCUT2D eigenvalue weighted by Crippen LogP contribution is -2.49. The molecule has 2 aliphatic rings. The number of amides is 2. The van der Waals surface area contributed by atoms with E-state index in [1.807, 2.05) is 19.0 Å². The third kappa shape index (κ3) is 6.84. The van der Waals surface area contributed by atoms with Crippen LogP contribution in [-0.2, 0) is 4.79 Å². The highest BCUT2D eigenvalue weighted by atomic mass is 16.4. The van der Waals surface area contributed by atoms with Crippen molar-refractivity contribution in [2.75, 3.05) is 33.7 Å². The highest BCUT2D eigenvalue weighted by molar-refractivity contribution is 5.74. The third-order valence-electron chi connectivity index (χ3n) is 5.71. The van der Waals surface area contributed by atoms with Crippen molar-refractivity contribution in [3.05, 3.63) is 0 Å². The Morgan fingerprint density at radius 1 is 0.960 bits per heavy atom. The number of carboxylic acids is 1. The number of carbonyl (C=O) groups excluding carboxylic acids is 1. The van der Waals surface area contributed by atoms with Crippen molar-refractivity contribution in [2.24, 2.45) is 11.8 Å². The van der Waals surface area contributed by atoms with Gasteiger partial charge in [0.15, 0.2) is 0 Å². The number of carboxylic acid groups (broad SMARTS) is 1. The minimum Gasteiger partial charge on any atom is -0.481 e. The molecule has 6 nitrogen and oxygen atoms in total. The van der Waals surface area contributed by atoms with E-state index in [-0.39, 0.29) is 18.0 Å². The molecule has 6 heteroatoms. The van der Waals surface area contributed by atoms with Gasteiger partial charge in [-0.15, -0.1) is 0 Å². The van der Waals surface area contributed by atoms with Crippen molar-refractivity contribution < 1.29 is 14.7 Å². The van der Waals surface area contributed by atoms with Crippen molar-refractivity contribution >= 4 is 12.0 Å². The summed E-state index contributed by atoms with van der Waals surface area (Å²) in [5.41, 5.74) is 0. The monoisotopic (exact) mass is 353 g/mol. The predicted molar refractivity (Wildman–Crippen MR) is 98.6 cm³/mol. The van der Waals surface area contributed by atoms with E-state index in [4.69, 9.17) is 5.11 Å². The summed E-state index contributed by atoms with van der Waals surface area (Å²) in [5, 5.41) is 12.3. The van der Waals surface area contributed by atoms with E-state index < -0.39 is 5.97 Å². The van der Waals surface area contributed by atoms with Crippen molar-refractivity contribution in [3.8, 4) is 0 Å². The molecule has 0 atom stereocenters. The summed E-state index contributed by atoms with van der Waals surface area (Å²) in [7, 11) is 4.06. The van der Waals surface area contributed by atoms with Gasteiger partial charge in [0.1, 0.15) is 0 Å². The summed E-state index contributed by atoms with van der Waals surface area (Å²) in [5.74, 6) is -0.306. The number of hydrogen-bond acceptors (Lipinski definition) is 3. The van der Waals surface area contributed by atoms with Crippen LogP contribution in [0.3, 0.4) is 0 Å². The van der Waals surface area contributed by atoms with Gasteiger partial charge in [-0.1, -0.05) is 19.3 Å². The highest BCUT2D eigenvalue weighted by Crippen LogP contribution is 2.26. The number of hydrogen-bond donors (Lipinski definition) is 2. The third-order valence-corrected chi connectivity index (χ3v) is 5.71. The Hall–Kier alpha value is -1.30. The van der Waals surface area contributed by atoms with Crippen LogP contribution in [0.15, 0.2) is 0 Å². The number of carbonyl (C=O) groups is 2. The first-order chi connectivity index (χ1) is 12.0. The molecule has 0 saturated heterocycles. The Morgan fingerprint density at radius 3 is 2.16 bits per heavy atom. The van der Waals surface area contributed by atoms with Crippen molar-refractivity contribution in [1.82, 2.24) is 15.1 Å². The number of urea groups is 1. The summed E-state index contributed by atoms with van der Waals surface area (Å²) in [4.78, 5) is 28.0. The zero-order chi connectivity index (χ0) is 18.2. The van der Waals surface area contributed by atoms with Crippen LogP contribution in [0, 0.1) is 11.8 Å². The van der Waals surface area contributed by atoms with Crippen LogP contribution in [-0.4, -0.2) is 66.7 Å². The van der Waals surface area contributed by atoms with Crippen LogP contribution in [0.4, 0.5) is 4.79 Å². The second-order valence-corrected chi connectivity index (χ2v) is 8.09. The molecule has 0 spiro atoms. The van der Waals surface area contributed by atoms with Gasteiger partial charge in [-0.3, -0.25) is 4.79 Å². The average Bonchev–Trinajstić information content (AvgIpc) is 2.59. The Balaban J connectivity index is 1.84. The van der Waals surface area contributed by atoms with E-state index in [2.05, 4.69) is 10.2 Å². The summed E-state index contributed by atoms with van der Waals surface area (Å²) in [6, 6.07) is 0.155. The molecular formula is C19H35N3O3. The van der Waals surface area contributed by atoms with E-state index in [0.717, 1.165) is 32.5 Å². The smallest absolute Gasteiger partial charge is 0.317 e. The summed E-state index contributed by atoms with van der Waals surface area (Å²) < 4.78 is 0. The van der Waals surface area contributed by atoms with E-state index in [0.29, 0.717) is 18.8 Å². The van der Waals surface area contributed by atoms with Gasteiger partial charge in [0, 0.05) is 25.7 Å². The number of nitrogens with zero attached hydrogens (tertiary/aromatic N) is 2. The second kappa shape index (κ2) is 10.00. The summed E-state index contributed by atoms with van der Waals surface area (Å²) in [6.45, 7) is 2.47. The molecule has 0 heterocycles. The van der Waals surface area contributed by atoms with Gasteiger partial charge >= 0.3 is 12.0 Å². The highest BCUT2D eigenvalue weighted by Gasteiger charge is 2.28. The van der Waals surface area contributed by atoms with Crippen LogP contribution in [0.1, 0.15) is 57.8 Å². The molecular weight excluding hydrogens is 318 g/mol. The fourth-order valence-electron chi connectivity index (χ4n) is 4.03. The molecule has 0 unspecified atom stereocenters. The van der Waals surface area contributed by atoms with E-state index in [9.17, 15) is 9.59 Å². The molecule has 144 valence electrons. The van der Waals surface area contributed by atoms with Crippen molar-refractivity contribution in [1.29, 1.82) is 0 Å². The van der Waals surface area contributed by atoms with E-state index in [1.54, 1.807) is 0 Å². The summed E-state index contributed by atoms with van der Waals surface area (Å²) in [6.07, 6.45) is 9.24. The average molecular weight is 354 g/mol. The molecule has 0 aromatic heterocycles. The quantitative estimate of drug-likeness (QED) is 0.738. The zero-order valence-corrected chi connectivity index (χ0v) is 15.9. The van der Waals surface area contributed by atoms with Crippen molar-refractivity contribution in [2.45, 2.75) is 63.8 Å². The van der Waals surface area contributed by atoms with Crippen LogP contribution < -0.4 is 5.32 Å². The Labute approximate surface area is 151 Å². The molecule has 2 N–H and O–H groups in total. The van der Waals surface area contributed by atoms with Gasteiger partial charge in [-0.2, -0.15) is 0 Å². The first-order valence-electron chi connectivity index (χ1n) is 9.88. The fourth-order valence-corrected chi connectivity index (χ4v) is 4.03. The van der Waals surface area contributed by atoms with Gasteiger partial charge in [-0.05, 0) is 58.5 Å². The Kier molecular flexibility index (Phi) is 8.00. The number of likely N-dealkylation sites (N-methyl/N-ethyl adjacent to an activating group) is 1. The Morgan fingerprint density at radius 2 is 1.60 bits per heavy atom. The number of aliphatic carboxylic acids is 1. The van der Waals surface area contributed by atoms with Crippen molar-refractivity contribution in [3.63, 3.8) is 0 Å². The molecule has 0 bridgehead atoms. The predicted octanol–water partition coefficient (Wildman–Crippen LogP) is 2.78. The molecule has 2 fully saturated rings. The SMILES string of the molecule is CN(C)CCN(CC1CCCCC1)C(=O)NC1CCC(C(=O)O)CC1. The maximum Gasteiger partial charge on any atom is 0.317 e. The van der Waals surface area contributed by atoms with Crippen LogP contribution in [0.5, 0.6) is 0 Å². The van der Waals surface area contributed by atoms with E-state index >= 15 is 0 Å². The number of nitrogens with one attached hydrogen (secondary N) is 1. The molecule has 0 aliphatic heterocycles. The van der Waals surface area contributed by atoms with Crippen LogP contribution in [0.25, 0.3) is 0 Å². The molecule has 0 radical (unpaired) electrons.